The summed E-state index contributed by atoms with van der Waals surface area (Å²) in [5.41, 5.74) is 0. The lowest BCUT2D eigenvalue weighted by Gasteiger charge is -2.24. The molecule has 56 heavy (non-hydrogen) atoms. The first-order valence-electron chi connectivity index (χ1n) is 17.4. The van der Waals surface area contributed by atoms with Crippen LogP contribution in [0.2, 0.25) is 24.2 Å². The number of hydrogen-bond donors (Lipinski definition) is 0. The minimum atomic E-state index is -2.67. The molecule has 0 saturated carbocycles. The Hall–Kier alpha value is -2.25. The van der Waals surface area contributed by atoms with Crippen molar-refractivity contribution in [3.8, 4) is 0 Å². The molecule has 0 unspecified atom stereocenters. The summed E-state index contributed by atoms with van der Waals surface area (Å²) in [5.74, 6) is -2.55. The summed E-state index contributed by atoms with van der Waals surface area (Å²) in [6.45, 7) is 0.614. The summed E-state index contributed by atoms with van der Waals surface area (Å²) < 4.78 is 83.3. The Morgan fingerprint density at radius 3 is 0.571 bits per heavy atom. The van der Waals surface area contributed by atoms with E-state index in [1.807, 2.05) is 0 Å². The van der Waals surface area contributed by atoms with Crippen LogP contribution in [0.1, 0.15) is 25.7 Å². The number of carbonyl (C=O) groups is 4. The SMILES string of the molecule is CO[Si](CCCOC(=O)/C=C/C(=O)OCCC[Si](OC)(OC)OC)(OC)OC.CO[Si](CCCOC(=O)/C=C\C(=O)OCCC[Si](OC)(OC)OC)(OC)OC. The van der Waals surface area contributed by atoms with Gasteiger partial charge in [0.05, 0.1) is 26.4 Å². The first kappa shape index (κ1) is 55.8. The molecule has 0 aromatic carbocycles. The van der Waals surface area contributed by atoms with Crippen molar-refractivity contribution in [3.63, 3.8) is 0 Å². The topological polar surface area (TPSA) is 216 Å². The molecule has 0 rings (SSSR count). The van der Waals surface area contributed by atoms with Gasteiger partial charge in [-0.05, 0) is 25.7 Å². The zero-order valence-electron chi connectivity index (χ0n) is 35.0. The van der Waals surface area contributed by atoms with E-state index >= 15 is 0 Å². The fourth-order valence-electron chi connectivity index (χ4n) is 4.54. The molecule has 0 bridgehead atoms. The Bertz CT molecular complexity index is 925. The van der Waals surface area contributed by atoms with Crippen LogP contribution in [0.15, 0.2) is 24.3 Å². The van der Waals surface area contributed by atoms with Crippen molar-refractivity contribution in [2.75, 3.05) is 112 Å². The molecular weight excluding hydrogens is 817 g/mol. The highest BCUT2D eigenvalue weighted by atomic mass is 28.4. The third kappa shape index (κ3) is 23.2. The fourth-order valence-corrected chi connectivity index (χ4v) is 11.3. The van der Waals surface area contributed by atoms with E-state index in [-0.39, 0.29) is 26.4 Å². The van der Waals surface area contributed by atoms with Gasteiger partial charge in [-0.2, -0.15) is 0 Å². The molecule has 0 spiro atoms. The number of hydrogen-bond acceptors (Lipinski definition) is 20. The van der Waals surface area contributed by atoms with Crippen molar-refractivity contribution in [2.24, 2.45) is 0 Å². The smallest absolute Gasteiger partial charge is 0.463 e. The molecule has 0 aromatic rings. The molecule has 0 aliphatic carbocycles. The quantitative estimate of drug-likeness (QED) is 0.0312. The van der Waals surface area contributed by atoms with Crippen molar-refractivity contribution in [1.29, 1.82) is 0 Å². The van der Waals surface area contributed by atoms with E-state index in [1.165, 1.54) is 85.3 Å². The van der Waals surface area contributed by atoms with Crippen LogP contribution in [-0.4, -0.2) is 171 Å². The van der Waals surface area contributed by atoms with Gasteiger partial charge in [0.2, 0.25) is 0 Å². The average molecular weight is 881 g/mol. The van der Waals surface area contributed by atoms with Crippen molar-refractivity contribution < 1.29 is 91.2 Å². The normalized spacial score (nSPS) is 12.4. The standard InChI is InChI=1S/2C16H32O10Si2/c2*1-19-27(20-2,21-3)13-7-11-25-15(17)9-10-16(18)26-12-8-14-28(22-4,23-5)24-6/h2*9-10H,7-8,11-14H2,1-6H3/b10-9+;10-9-. The number of carbonyl (C=O) groups excluding carboxylic acids is 4. The summed E-state index contributed by atoms with van der Waals surface area (Å²) in [7, 11) is 7.49. The molecule has 0 aliphatic heterocycles. The fraction of sp³-hybridized carbons (Fsp3) is 0.750. The second-order valence-corrected chi connectivity index (χ2v) is 23.3. The Balaban J connectivity index is 0. The molecule has 0 atom stereocenters. The van der Waals surface area contributed by atoms with Gasteiger partial charge in [0.1, 0.15) is 0 Å². The number of esters is 4. The average Bonchev–Trinajstić information content (AvgIpc) is 3.23. The first-order valence-corrected chi connectivity index (χ1v) is 25.1. The predicted octanol–water partition coefficient (Wildman–Crippen LogP) is 2.33. The van der Waals surface area contributed by atoms with Gasteiger partial charge in [0.25, 0.3) is 0 Å². The third-order valence-corrected chi connectivity index (χ3v) is 19.3. The molecule has 24 heteroatoms. The summed E-state index contributed by atoms with van der Waals surface area (Å²) in [5, 5.41) is 0. The Labute approximate surface area is 335 Å². The summed E-state index contributed by atoms with van der Waals surface area (Å²) in [4.78, 5) is 46.5. The molecule has 0 radical (unpaired) electrons. The van der Waals surface area contributed by atoms with Crippen LogP contribution in [0.5, 0.6) is 0 Å². The van der Waals surface area contributed by atoms with Crippen LogP contribution < -0.4 is 0 Å². The van der Waals surface area contributed by atoms with Crippen LogP contribution in [0, 0.1) is 0 Å². The second kappa shape index (κ2) is 32.7. The van der Waals surface area contributed by atoms with E-state index in [9.17, 15) is 19.2 Å². The van der Waals surface area contributed by atoms with E-state index in [0.717, 1.165) is 24.3 Å². The third-order valence-electron chi connectivity index (χ3n) is 7.93. The molecule has 0 aromatic heterocycles. The van der Waals surface area contributed by atoms with Gasteiger partial charge in [-0.15, -0.1) is 0 Å². The van der Waals surface area contributed by atoms with Crippen LogP contribution in [-0.2, 0) is 91.2 Å². The molecular formula is C32H64O20Si4. The molecule has 0 saturated heterocycles. The molecule has 328 valence electrons. The van der Waals surface area contributed by atoms with E-state index < -0.39 is 59.1 Å². The van der Waals surface area contributed by atoms with Gasteiger partial charge in [-0.1, -0.05) is 0 Å². The molecule has 20 nitrogen and oxygen atoms in total. The van der Waals surface area contributed by atoms with Gasteiger partial charge < -0.3 is 72.1 Å². The maximum absolute atomic E-state index is 11.6. The minimum Gasteiger partial charge on any atom is -0.463 e. The largest absolute Gasteiger partial charge is 0.500 e. The van der Waals surface area contributed by atoms with Gasteiger partial charge in [0, 0.05) is 134 Å². The molecule has 0 fully saturated rings. The Morgan fingerprint density at radius 1 is 0.304 bits per heavy atom. The van der Waals surface area contributed by atoms with Crippen LogP contribution >= 0.6 is 0 Å². The van der Waals surface area contributed by atoms with E-state index in [4.69, 9.17) is 72.1 Å². The molecule has 0 amide bonds. The number of rotatable bonds is 32. The highest BCUT2D eigenvalue weighted by molar-refractivity contribution is 6.61. The van der Waals surface area contributed by atoms with Crippen molar-refractivity contribution in [3.05, 3.63) is 24.3 Å². The monoisotopic (exact) mass is 880 g/mol. The highest BCUT2D eigenvalue weighted by Gasteiger charge is 2.39. The Kier molecular flexibility index (Phi) is 32.6. The Morgan fingerprint density at radius 2 is 0.446 bits per heavy atom. The second-order valence-electron chi connectivity index (χ2n) is 10.9. The van der Waals surface area contributed by atoms with Crippen molar-refractivity contribution in [1.82, 2.24) is 0 Å². The van der Waals surface area contributed by atoms with Crippen molar-refractivity contribution in [2.45, 2.75) is 49.9 Å². The maximum Gasteiger partial charge on any atom is 0.500 e. The van der Waals surface area contributed by atoms with Gasteiger partial charge >= 0.3 is 59.1 Å². The van der Waals surface area contributed by atoms with Gasteiger partial charge in [-0.25, -0.2) is 19.2 Å². The summed E-state index contributed by atoms with van der Waals surface area (Å²) in [6.07, 6.45) is 6.13. The van der Waals surface area contributed by atoms with Gasteiger partial charge in [0.15, 0.2) is 0 Å². The van der Waals surface area contributed by atoms with E-state index in [2.05, 4.69) is 0 Å². The lowest BCUT2D eigenvalue weighted by atomic mass is 10.4. The minimum absolute atomic E-state index is 0.154. The highest BCUT2D eigenvalue weighted by Crippen LogP contribution is 2.17. The summed E-state index contributed by atoms with van der Waals surface area (Å²) in [6, 6.07) is 2.02. The van der Waals surface area contributed by atoms with Gasteiger partial charge in [-0.3, -0.25) is 0 Å². The lowest BCUT2D eigenvalue weighted by Crippen LogP contribution is -2.42. The van der Waals surface area contributed by atoms with Crippen LogP contribution in [0.4, 0.5) is 0 Å². The number of ether oxygens (including phenoxy) is 4. The zero-order chi connectivity index (χ0) is 42.9. The van der Waals surface area contributed by atoms with Crippen LogP contribution in [0.25, 0.3) is 0 Å². The first-order chi connectivity index (χ1) is 26.7. The van der Waals surface area contributed by atoms with E-state index in [0.29, 0.717) is 49.9 Å². The van der Waals surface area contributed by atoms with E-state index in [1.54, 1.807) is 0 Å². The zero-order valence-corrected chi connectivity index (χ0v) is 39.0. The molecule has 0 heterocycles. The molecule has 0 N–H and O–H groups in total. The van der Waals surface area contributed by atoms with Crippen LogP contribution in [0.3, 0.4) is 0 Å². The summed E-state index contributed by atoms with van der Waals surface area (Å²) >= 11 is 0. The molecule has 0 aliphatic rings. The van der Waals surface area contributed by atoms with Crippen molar-refractivity contribution >= 4 is 59.1 Å². The predicted molar refractivity (Wildman–Crippen MR) is 207 cm³/mol. The maximum atomic E-state index is 11.6. The lowest BCUT2D eigenvalue weighted by molar-refractivity contribution is -0.140.